The lowest BCUT2D eigenvalue weighted by molar-refractivity contribution is 0.669. The maximum absolute atomic E-state index is 6.60. The second kappa shape index (κ2) is 9.96. The van der Waals surface area contributed by atoms with E-state index in [0.717, 1.165) is 50.2 Å². The van der Waals surface area contributed by atoms with Gasteiger partial charge in [0, 0.05) is 31.7 Å². The molecule has 3 heterocycles. The zero-order valence-electron chi connectivity index (χ0n) is 24.7. The van der Waals surface area contributed by atoms with Gasteiger partial charge < -0.3 is 9.73 Å². The topological polar surface area (TPSA) is 37.5 Å². The third-order valence-corrected chi connectivity index (χ3v) is 10.6. The Balaban J connectivity index is 1.15. The molecule has 1 N–H and O–H groups in total. The number of rotatable bonds is 3. The lowest BCUT2D eigenvalue weighted by atomic mass is 9.93. The number of nitrogens with zero attached hydrogens (tertiary/aromatic N) is 1. The third kappa shape index (κ3) is 3.84. The molecule has 8 aromatic rings. The molecule has 0 bridgehead atoms. The van der Waals surface area contributed by atoms with Crippen molar-refractivity contribution in [1.29, 1.82) is 0 Å². The highest BCUT2D eigenvalue weighted by atomic mass is 32.2. The first-order chi connectivity index (χ1) is 22.8. The molecule has 216 valence electrons. The SMILES string of the molecule is c1ccc(C2=C3Sc4ccccc4C3NC(c3cccc4oc5cc(-c6cc7ccccc7c7ccccc67)ccc5c34)=N2)cc1. The minimum Gasteiger partial charge on any atom is -0.456 e. The average molecular weight is 607 g/mol. The van der Waals surface area contributed by atoms with Crippen LogP contribution in [0.25, 0.3) is 60.3 Å². The molecule has 0 saturated carbocycles. The van der Waals surface area contributed by atoms with Crippen LogP contribution in [0.4, 0.5) is 0 Å². The van der Waals surface area contributed by atoms with Gasteiger partial charge >= 0.3 is 0 Å². The molecule has 1 unspecified atom stereocenters. The molecule has 46 heavy (non-hydrogen) atoms. The molecule has 2 aliphatic rings. The molecule has 3 nitrogen and oxygen atoms in total. The molecular weight excluding hydrogens is 581 g/mol. The van der Waals surface area contributed by atoms with Crippen molar-refractivity contribution in [1.82, 2.24) is 5.32 Å². The van der Waals surface area contributed by atoms with Gasteiger partial charge in [0.2, 0.25) is 0 Å². The van der Waals surface area contributed by atoms with Crippen molar-refractivity contribution in [3.05, 3.63) is 167 Å². The van der Waals surface area contributed by atoms with Crippen LogP contribution in [0.2, 0.25) is 0 Å². The van der Waals surface area contributed by atoms with Gasteiger partial charge in [0.15, 0.2) is 0 Å². The van der Waals surface area contributed by atoms with E-state index >= 15 is 0 Å². The van der Waals surface area contributed by atoms with Crippen LogP contribution in [0.5, 0.6) is 0 Å². The van der Waals surface area contributed by atoms with E-state index in [1.54, 1.807) is 0 Å². The van der Waals surface area contributed by atoms with Crippen molar-refractivity contribution in [3.8, 4) is 11.1 Å². The molecule has 0 radical (unpaired) electrons. The van der Waals surface area contributed by atoms with Crippen LogP contribution in [0.3, 0.4) is 0 Å². The van der Waals surface area contributed by atoms with E-state index in [9.17, 15) is 0 Å². The van der Waals surface area contributed by atoms with E-state index in [2.05, 4.69) is 151 Å². The first-order valence-electron chi connectivity index (χ1n) is 15.6. The van der Waals surface area contributed by atoms with Gasteiger partial charge in [0.05, 0.1) is 11.7 Å². The normalized spacial score (nSPS) is 15.7. The summed E-state index contributed by atoms with van der Waals surface area (Å²) in [7, 11) is 0. The van der Waals surface area contributed by atoms with Gasteiger partial charge in [-0.3, -0.25) is 0 Å². The van der Waals surface area contributed by atoms with Crippen molar-refractivity contribution >= 4 is 66.8 Å². The predicted molar refractivity (Wildman–Crippen MR) is 192 cm³/mol. The van der Waals surface area contributed by atoms with Crippen molar-refractivity contribution < 1.29 is 4.42 Å². The summed E-state index contributed by atoms with van der Waals surface area (Å²) in [6.07, 6.45) is 0. The molecule has 0 saturated heterocycles. The van der Waals surface area contributed by atoms with E-state index in [1.807, 2.05) is 11.8 Å². The molecule has 0 amide bonds. The molecule has 1 aromatic heterocycles. The highest BCUT2D eigenvalue weighted by Crippen LogP contribution is 2.52. The number of furan rings is 1. The van der Waals surface area contributed by atoms with Crippen molar-refractivity contribution in [3.63, 3.8) is 0 Å². The summed E-state index contributed by atoms with van der Waals surface area (Å²) in [6.45, 7) is 0. The lowest BCUT2D eigenvalue weighted by Crippen LogP contribution is -2.32. The smallest absolute Gasteiger partial charge is 0.136 e. The summed E-state index contributed by atoms with van der Waals surface area (Å²) in [5.74, 6) is 0.864. The fourth-order valence-corrected chi connectivity index (χ4v) is 8.47. The van der Waals surface area contributed by atoms with E-state index in [0.29, 0.717) is 0 Å². The number of aliphatic imine (C=N–C) groups is 1. The minimum absolute atomic E-state index is 0.0464. The van der Waals surface area contributed by atoms with Crippen molar-refractivity contribution in [2.75, 3.05) is 0 Å². The summed E-state index contributed by atoms with van der Waals surface area (Å²) < 4.78 is 6.60. The fraction of sp³-hybridized carbons (Fsp3) is 0.0238. The molecular formula is C42H26N2OS. The zero-order chi connectivity index (χ0) is 30.2. The average Bonchev–Trinajstić information content (AvgIpc) is 3.69. The van der Waals surface area contributed by atoms with Crippen molar-refractivity contribution in [2.45, 2.75) is 10.9 Å². The van der Waals surface area contributed by atoms with Crippen LogP contribution in [0, 0.1) is 0 Å². The van der Waals surface area contributed by atoms with E-state index in [-0.39, 0.29) is 6.04 Å². The molecule has 7 aromatic carbocycles. The number of nitrogens with one attached hydrogen (secondary N) is 1. The van der Waals surface area contributed by atoms with E-state index in [1.165, 1.54) is 42.5 Å². The Kier molecular flexibility index (Phi) is 5.57. The molecule has 4 heteroatoms. The number of hydrogen-bond donors (Lipinski definition) is 1. The monoisotopic (exact) mass is 606 g/mol. The standard InChI is InChI=1S/C42H26N2OS/c1-2-11-25(12-3-1)39-41-40(32-17-8-9-20-37(32)46-41)44-42(43-39)33-18-10-19-35-38(33)31-22-21-27(24-36(31)45-35)34-23-26-13-4-5-14-28(26)29-15-6-7-16-30(29)34/h1-24,40H,(H,43,44). The van der Waals surface area contributed by atoms with E-state index in [4.69, 9.17) is 9.41 Å². The highest BCUT2D eigenvalue weighted by molar-refractivity contribution is 8.03. The van der Waals surface area contributed by atoms with Crippen LogP contribution in [-0.4, -0.2) is 5.84 Å². The first-order valence-corrected chi connectivity index (χ1v) is 16.4. The van der Waals surface area contributed by atoms with Crippen LogP contribution in [-0.2, 0) is 0 Å². The van der Waals surface area contributed by atoms with Crippen LogP contribution >= 0.6 is 11.8 Å². The second-order valence-corrected chi connectivity index (χ2v) is 13.0. The second-order valence-electron chi connectivity index (χ2n) is 11.9. The number of fused-ring (bicyclic) bond motifs is 9. The van der Waals surface area contributed by atoms with Gasteiger partial charge in [-0.15, -0.1) is 0 Å². The summed E-state index contributed by atoms with van der Waals surface area (Å²) in [5.41, 5.74) is 8.56. The van der Waals surface area contributed by atoms with Crippen molar-refractivity contribution in [2.24, 2.45) is 4.99 Å². The fourth-order valence-electron chi connectivity index (χ4n) is 7.22. The van der Waals surface area contributed by atoms with Crippen LogP contribution < -0.4 is 5.32 Å². The largest absolute Gasteiger partial charge is 0.456 e. The predicted octanol–water partition coefficient (Wildman–Crippen LogP) is 11.1. The Morgan fingerprint density at radius 3 is 2.26 bits per heavy atom. The number of benzene rings is 7. The van der Waals surface area contributed by atoms with Gasteiger partial charge in [-0.25, -0.2) is 4.99 Å². The highest BCUT2D eigenvalue weighted by Gasteiger charge is 2.35. The maximum Gasteiger partial charge on any atom is 0.136 e. The van der Waals surface area contributed by atoms with Gasteiger partial charge in [-0.2, -0.15) is 0 Å². The summed E-state index contributed by atoms with van der Waals surface area (Å²) in [4.78, 5) is 7.86. The molecule has 1 atom stereocenters. The molecule has 0 spiro atoms. The Morgan fingerprint density at radius 2 is 1.35 bits per heavy atom. The quantitative estimate of drug-likeness (QED) is 0.203. The van der Waals surface area contributed by atoms with Gasteiger partial charge in [-0.05, 0) is 68.6 Å². The molecule has 2 aliphatic heterocycles. The Hall–Kier alpha value is -5.58. The summed E-state index contributed by atoms with van der Waals surface area (Å²) >= 11 is 1.82. The maximum atomic E-state index is 6.60. The summed E-state index contributed by atoms with van der Waals surface area (Å²) in [6, 6.07) is 51.8. The third-order valence-electron chi connectivity index (χ3n) is 9.33. The number of amidine groups is 1. The van der Waals surface area contributed by atoms with Crippen LogP contribution in [0.15, 0.2) is 165 Å². The zero-order valence-corrected chi connectivity index (χ0v) is 25.5. The lowest BCUT2D eigenvalue weighted by Gasteiger charge is -2.25. The van der Waals surface area contributed by atoms with Gasteiger partial charge in [0.1, 0.15) is 17.0 Å². The first kappa shape index (κ1) is 25.7. The Bertz CT molecular complexity index is 2600. The molecule has 0 aliphatic carbocycles. The Labute approximate surface area is 269 Å². The van der Waals surface area contributed by atoms with E-state index < -0.39 is 0 Å². The van der Waals surface area contributed by atoms with Crippen LogP contribution in [0.1, 0.15) is 22.7 Å². The summed E-state index contributed by atoms with van der Waals surface area (Å²) in [5, 5.41) is 11.0. The van der Waals surface area contributed by atoms with Gasteiger partial charge in [-0.1, -0.05) is 127 Å². The number of thioether (sulfide) groups is 1. The number of hydrogen-bond acceptors (Lipinski definition) is 4. The Morgan fingerprint density at radius 1 is 0.565 bits per heavy atom. The molecule has 10 rings (SSSR count). The van der Waals surface area contributed by atoms with Gasteiger partial charge in [0.25, 0.3) is 0 Å². The minimum atomic E-state index is 0.0464. The molecule has 0 fully saturated rings.